The second-order valence-electron chi connectivity index (χ2n) is 8.25. The van der Waals surface area contributed by atoms with Crippen molar-refractivity contribution in [2.24, 2.45) is 0 Å². The zero-order chi connectivity index (χ0) is 26.0. The fraction of sp³-hybridized carbons (Fsp3) is 0.280. The molecule has 0 aliphatic carbocycles. The summed E-state index contributed by atoms with van der Waals surface area (Å²) in [6.07, 6.45) is -3.22. The quantitative estimate of drug-likeness (QED) is 0.503. The third-order valence-corrected chi connectivity index (χ3v) is 5.77. The Morgan fingerprint density at radius 3 is 2.50 bits per heavy atom. The smallest absolute Gasteiger partial charge is 0.416 e. The lowest BCUT2D eigenvalue weighted by Gasteiger charge is -2.35. The van der Waals surface area contributed by atoms with E-state index >= 15 is 0 Å². The normalized spacial score (nSPS) is 15.5. The number of aromatic nitrogens is 3. The molecule has 2 heterocycles. The summed E-state index contributed by atoms with van der Waals surface area (Å²) < 4.78 is 46.0. The number of hydrogen-bond acceptors (Lipinski definition) is 6. The van der Waals surface area contributed by atoms with Crippen molar-refractivity contribution < 1.29 is 27.5 Å². The fourth-order valence-electron chi connectivity index (χ4n) is 4.07. The van der Waals surface area contributed by atoms with Gasteiger partial charge in [-0.25, -0.2) is 9.48 Å². The number of allylic oxidation sites excluding steroid dienone is 1. The van der Waals surface area contributed by atoms with Gasteiger partial charge in [0.2, 0.25) is 11.9 Å². The molecule has 0 unspecified atom stereocenters. The van der Waals surface area contributed by atoms with Crippen LogP contribution in [0.4, 0.5) is 24.8 Å². The summed E-state index contributed by atoms with van der Waals surface area (Å²) in [5.41, 5.74) is 1.66. The van der Waals surface area contributed by atoms with Gasteiger partial charge >= 0.3 is 12.1 Å². The molecule has 36 heavy (non-hydrogen) atoms. The Bertz CT molecular complexity index is 1310. The number of nitrogens with one attached hydrogen (secondary N) is 1. The Balaban J connectivity index is 1.69. The molecule has 1 aliphatic heterocycles. The summed E-state index contributed by atoms with van der Waals surface area (Å²) in [7, 11) is 0. The van der Waals surface area contributed by atoms with Gasteiger partial charge in [-0.05, 0) is 44.5 Å². The molecule has 0 saturated carbocycles. The third kappa shape index (κ3) is 4.95. The zero-order valence-electron chi connectivity index (χ0n) is 19.8. The summed E-state index contributed by atoms with van der Waals surface area (Å²) in [6, 6.07) is 11.3. The number of anilines is 2. The first-order valence-corrected chi connectivity index (χ1v) is 11.2. The Morgan fingerprint density at radius 1 is 1.11 bits per heavy atom. The molecular weight excluding hydrogens is 475 g/mol. The standard InChI is InChI=1S/C25H24F3N5O3/c1-4-36-23(35)21-16(3)32(13-20(34)31-19-7-5-6-18(12-19)25(26,27)28)24-29-14-30-33(24)22(21)17-10-8-15(2)9-11-17/h5-12,14,22H,4,13H2,1-3H3,(H,31,34)/t22-/m0/s1. The first-order valence-electron chi connectivity index (χ1n) is 11.2. The lowest BCUT2D eigenvalue weighted by Crippen LogP contribution is -2.40. The predicted octanol–water partition coefficient (Wildman–Crippen LogP) is 4.49. The number of hydrogen-bond donors (Lipinski definition) is 1. The number of halogens is 3. The Hall–Kier alpha value is -4.15. The van der Waals surface area contributed by atoms with Crippen molar-refractivity contribution in [3.05, 3.63) is 82.8 Å². The van der Waals surface area contributed by atoms with Gasteiger partial charge in [-0.3, -0.25) is 4.79 Å². The highest BCUT2D eigenvalue weighted by Crippen LogP contribution is 2.38. The van der Waals surface area contributed by atoms with E-state index in [0.717, 1.165) is 23.3 Å². The monoisotopic (exact) mass is 499 g/mol. The number of carbonyl (C=O) groups is 2. The van der Waals surface area contributed by atoms with E-state index in [0.29, 0.717) is 11.6 Å². The van der Waals surface area contributed by atoms with Crippen molar-refractivity contribution in [3.63, 3.8) is 0 Å². The molecule has 0 radical (unpaired) electrons. The Morgan fingerprint density at radius 2 is 1.83 bits per heavy atom. The molecule has 1 amide bonds. The molecular formula is C25H24F3N5O3. The van der Waals surface area contributed by atoms with Gasteiger partial charge in [0.25, 0.3) is 0 Å². The molecule has 0 fully saturated rings. The highest BCUT2D eigenvalue weighted by molar-refractivity contribution is 5.96. The second-order valence-corrected chi connectivity index (χ2v) is 8.25. The topological polar surface area (TPSA) is 89.3 Å². The number of rotatable bonds is 6. The number of alkyl halides is 3. The zero-order valence-corrected chi connectivity index (χ0v) is 19.8. The minimum Gasteiger partial charge on any atom is -0.463 e. The van der Waals surface area contributed by atoms with E-state index in [-0.39, 0.29) is 24.4 Å². The number of aryl methyl sites for hydroxylation is 1. The van der Waals surface area contributed by atoms with Crippen LogP contribution in [0.25, 0.3) is 0 Å². The maximum absolute atomic E-state index is 13.1. The minimum absolute atomic E-state index is 0.00178. The van der Waals surface area contributed by atoms with Crippen molar-refractivity contribution in [2.75, 3.05) is 23.4 Å². The molecule has 0 bridgehead atoms. The highest BCUT2D eigenvalue weighted by Gasteiger charge is 2.38. The molecule has 8 nitrogen and oxygen atoms in total. The van der Waals surface area contributed by atoms with Gasteiger partial charge in [-0.1, -0.05) is 35.9 Å². The Labute approximate surface area is 205 Å². The van der Waals surface area contributed by atoms with Gasteiger partial charge in [-0.2, -0.15) is 23.3 Å². The summed E-state index contributed by atoms with van der Waals surface area (Å²) in [6.45, 7) is 5.15. The van der Waals surface area contributed by atoms with Crippen LogP contribution in [0.5, 0.6) is 0 Å². The summed E-state index contributed by atoms with van der Waals surface area (Å²) >= 11 is 0. The van der Waals surface area contributed by atoms with E-state index in [4.69, 9.17) is 4.74 Å². The maximum Gasteiger partial charge on any atom is 0.416 e. The van der Waals surface area contributed by atoms with Crippen LogP contribution in [0, 0.1) is 6.92 Å². The number of benzene rings is 2. The van der Waals surface area contributed by atoms with E-state index in [1.165, 1.54) is 28.0 Å². The molecule has 0 spiro atoms. The summed E-state index contributed by atoms with van der Waals surface area (Å²) in [5.74, 6) is -0.851. The number of esters is 1. The van der Waals surface area contributed by atoms with Gasteiger partial charge in [0, 0.05) is 11.4 Å². The van der Waals surface area contributed by atoms with E-state index in [9.17, 15) is 22.8 Å². The van der Waals surface area contributed by atoms with Crippen LogP contribution in [0.1, 0.15) is 36.6 Å². The largest absolute Gasteiger partial charge is 0.463 e. The summed E-state index contributed by atoms with van der Waals surface area (Å²) in [5, 5.41) is 6.80. The lowest BCUT2D eigenvalue weighted by atomic mass is 9.94. The van der Waals surface area contributed by atoms with Crippen LogP contribution in [0.2, 0.25) is 0 Å². The maximum atomic E-state index is 13.1. The number of amides is 1. The van der Waals surface area contributed by atoms with Crippen LogP contribution in [-0.2, 0) is 20.5 Å². The summed E-state index contributed by atoms with van der Waals surface area (Å²) in [4.78, 5) is 31.7. The molecule has 11 heteroatoms. The van der Waals surface area contributed by atoms with Gasteiger partial charge in [0.05, 0.1) is 17.7 Å². The molecule has 3 aromatic rings. The van der Waals surface area contributed by atoms with Crippen LogP contribution < -0.4 is 10.2 Å². The van der Waals surface area contributed by atoms with Gasteiger partial charge in [0.15, 0.2) is 0 Å². The van der Waals surface area contributed by atoms with Crippen molar-refractivity contribution in [1.29, 1.82) is 0 Å². The van der Waals surface area contributed by atoms with Gasteiger partial charge in [-0.15, -0.1) is 0 Å². The molecule has 4 rings (SSSR count). The number of ether oxygens (including phenoxy) is 1. The molecule has 1 N–H and O–H groups in total. The lowest BCUT2D eigenvalue weighted by molar-refractivity contribution is -0.139. The van der Waals surface area contributed by atoms with Gasteiger partial charge < -0.3 is 15.0 Å². The average Bonchev–Trinajstić information content (AvgIpc) is 3.30. The van der Waals surface area contributed by atoms with E-state index in [1.54, 1.807) is 13.8 Å². The predicted molar refractivity (Wildman–Crippen MR) is 126 cm³/mol. The van der Waals surface area contributed by atoms with Crippen LogP contribution in [0.3, 0.4) is 0 Å². The third-order valence-electron chi connectivity index (χ3n) is 5.77. The molecule has 188 valence electrons. The number of fused-ring (bicyclic) bond motifs is 1. The van der Waals surface area contributed by atoms with E-state index < -0.39 is 29.7 Å². The molecule has 1 atom stereocenters. The SMILES string of the molecule is CCOC(=O)C1=C(C)N(CC(=O)Nc2cccc(C(F)(F)F)c2)c2ncnn2[C@H]1c1ccc(C)cc1. The minimum atomic E-state index is -4.54. The van der Waals surface area contributed by atoms with Gasteiger partial charge in [0.1, 0.15) is 18.9 Å². The van der Waals surface area contributed by atoms with E-state index in [2.05, 4.69) is 15.4 Å². The highest BCUT2D eigenvalue weighted by atomic mass is 19.4. The Kier molecular flexibility index (Phi) is 6.82. The first-order chi connectivity index (χ1) is 17.1. The average molecular weight is 499 g/mol. The molecule has 2 aromatic carbocycles. The van der Waals surface area contributed by atoms with E-state index in [1.807, 2.05) is 31.2 Å². The molecule has 1 aromatic heterocycles. The molecule has 1 aliphatic rings. The van der Waals surface area contributed by atoms with Crippen LogP contribution in [0.15, 0.2) is 66.1 Å². The molecule has 0 saturated heterocycles. The van der Waals surface area contributed by atoms with Crippen LogP contribution >= 0.6 is 0 Å². The van der Waals surface area contributed by atoms with Crippen molar-refractivity contribution in [1.82, 2.24) is 14.8 Å². The van der Waals surface area contributed by atoms with Crippen molar-refractivity contribution >= 4 is 23.5 Å². The number of nitrogens with zero attached hydrogens (tertiary/aromatic N) is 4. The second kappa shape index (κ2) is 9.84. The van der Waals surface area contributed by atoms with Crippen molar-refractivity contribution in [2.45, 2.75) is 33.0 Å². The fourth-order valence-corrected chi connectivity index (χ4v) is 4.07. The number of carbonyl (C=O) groups excluding carboxylic acids is 2. The first kappa shape index (κ1) is 25.0. The van der Waals surface area contributed by atoms with Crippen molar-refractivity contribution in [3.8, 4) is 0 Å². The van der Waals surface area contributed by atoms with Crippen LogP contribution in [-0.4, -0.2) is 39.8 Å².